The summed E-state index contributed by atoms with van der Waals surface area (Å²) in [6.45, 7) is 0.679. The summed E-state index contributed by atoms with van der Waals surface area (Å²) >= 11 is 0. The smallest absolute Gasteiger partial charge is 0.248 e. The Morgan fingerprint density at radius 2 is 2.00 bits per heavy atom. The van der Waals surface area contributed by atoms with E-state index in [0.717, 1.165) is 38.5 Å². The molecule has 3 fully saturated rings. The third kappa shape index (κ3) is 3.78. The zero-order chi connectivity index (χ0) is 21.1. The van der Waals surface area contributed by atoms with Gasteiger partial charge in [0.05, 0.1) is 18.9 Å². The largest absolute Gasteiger partial charge is 0.467 e. The Hall–Kier alpha value is -1.86. The zero-order valence-electron chi connectivity index (χ0n) is 17.7. The van der Waals surface area contributed by atoms with Crippen LogP contribution < -0.4 is 0 Å². The van der Waals surface area contributed by atoms with Crippen molar-refractivity contribution in [1.82, 2.24) is 9.80 Å². The highest BCUT2D eigenvalue weighted by atomic mass is 16.3. The Labute approximate surface area is 178 Å². The molecular weight excluding hydrogens is 384 g/mol. The molecule has 1 spiro atoms. The highest BCUT2D eigenvalue weighted by molar-refractivity contribution is 5.93. The molecule has 1 saturated carbocycles. The highest BCUT2D eigenvalue weighted by Crippen LogP contribution is 2.51. The number of likely N-dealkylation sites (tertiary alicyclic amines) is 2. The van der Waals surface area contributed by atoms with Gasteiger partial charge in [-0.05, 0) is 56.6 Å². The molecular formula is C23H34N2O5. The van der Waals surface area contributed by atoms with Gasteiger partial charge in [0.1, 0.15) is 11.3 Å². The molecule has 1 aromatic rings. The fourth-order valence-corrected chi connectivity index (χ4v) is 6.03. The topological polar surface area (TPSA) is 94.2 Å². The molecule has 2 amide bonds. The summed E-state index contributed by atoms with van der Waals surface area (Å²) in [5.41, 5.74) is -0.966. The Kier molecular flexibility index (Phi) is 6.48. The van der Waals surface area contributed by atoms with Gasteiger partial charge in [-0.25, -0.2) is 0 Å². The molecule has 2 saturated heterocycles. The van der Waals surface area contributed by atoms with Crippen molar-refractivity contribution in [2.24, 2.45) is 11.8 Å². The van der Waals surface area contributed by atoms with Crippen molar-refractivity contribution in [2.75, 3.05) is 26.3 Å². The van der Waals surface area contributed by atoms with Crippen molar-refractivity contribution >= 4 is 11.8 Å². The first-order chi connectivity index (χ1) is 14.6. The fraction of sp³-hybridized carbons (Fsp3) is 0.739. The number of amides is 2. The predicted octanol–water partition coefficient (Wildman–Crippen LogP) is 2.49. The van der Waals surface area contributed by atoms with Gasteiger partial charge in [-0.1, -0.05) is 12.8 Å². The van der Waals surface area contributed by atoms with E-state index in [1.165, 1.54) is 0 Å². The molecule has 0 unspecified atom stereocenters. The summed E-state index contributed by atoms with van der Waals surface area (Å²) in [6, 6.07) is 3.20. The first-order valence-electron chi connectivity index (χ1n) is 11.5. The monoisotopic (exact) mass is 418 g/mol. The number of nitrogens with zero attached hydrogens (tertiary/aromatic N) is 2. The van der Waals surface area contributed by atoms with Crippen molar-refractivity contribution in [2.45, 2.75) is 69.4 Å². The molecule has 1 aromatic heterocycles. The molecule has 1 aliphatic carbocycles. The molecule has 3 aliphatic rings. The van der Waals surface area contributed by atoms with Gasteiger partial charge in [-0.3, -0.25) is 9.59 Å². The van der Waals surface area contributed by atoms with Crippen LogP contribution in [-0.4, -0.2) is 63.7 Å². The average Bonchev–Trinajstić information content (AvgIpc) is 3.47. The van der Waals surface area contributed by atoms with E-state index in [2.05, 4.69) is 0 Å². The van der Waals surface area contributed by atoms with Gasteiger partial charge in [0.15, 0.2) is 0 Å². The summed E-state index contributed by atoms with van der Waals surface area (Å²) in [4.78, 5) is 31.0. The minimum atomic E-state index is -0.966. The number of aliphatic hydroxyl groups is 2. The minimum Gasteiger partial charge on any atom is -0.467 e. The zero-order valence-corrected chi connectivity index (χ0v) is 17.7. The maximum Gasteiger partial charge on any atom is 0.248 e. The number of hydrogen-bond acceptors (Lipinski definition) is 5. The van der Waals surface area contributed by atoms with Crippen LogP contribution in [0, 0.1) is 11.8 Å². The molecule has 4 rings (SSSR count). The molecule has 0 radical (unpaired) electrons. The number of hydrogen-bond donors (Lipinski definition) is 2. The van der Waals surface area contributed by atoms with Crippen LogP contribution in [-0.2, 0) is 9.59 Å². The lowest BCUT2D eigenvalue weighted by Gasteiger charge is -2.41. The molecule has 0 bridgehead atoms. The van der Waals surface area contributed by atoms with E-state index in [9.17, 15) is 19.8 Å². The van der Waals surface area contributed by atoms with Crippen LogP contribution in [0.15, 0.2) is 22.8 Å². The third-order valence-electron chi connectivity index (χ3n) is 7.39. The standard InChI is InChI=1S/C23H34N2O5/c26-12-11-24-10-4-3-9-23(22(24)29)15-18(16-27)21(19-8-5-13-30-19)25(23)20(28)14-17-6-1-2-7-17/h5,8,13,17-18,21,26-27H,1-4,6-7,9-12,14-16H2/t18-,21-,23+/m1/s1. The van der Waals surface area contributed by atoms with Crippen LogP contribution >= 0.6 is 0 Å². The van der Waals surface area contributed by atoms with Gasteiger partial charge in [-0.15, -0.1) is 0 Å². The quantitative estimate of drug-likeness (QED) is 0.740. The molecule has 3 atom stereocenters. The van der Waals surface area contributed by atoms with Crippen LogP contribution in [0.5, 0.6) is 0 Å². The average molecular weight is 419 g/mol. The Bertz CT molecular complexity index is 730. The molecule has 7 heteroatoms. The van der Waals surface area contributed by atoms with E-state index in [1.54, 1.807) is 22.1 Å². The van der Waals surface area contributed by atoms with Crippen LogP contribution in [0.2, 0.25) is 0 Å². The SMILES string of the molecule is O=C(CC1CCCC1)N1[C@@H](c2ccco2)[C@@H](CO)C[C@]12CCCCN(CCO)C2=O. The van der Waals surface area contributed by atoms with Crippen molar-refractivity contribution in [3.63, 3.8) is 0 Å². The van der Waals surface area contributed by atoms with Gasteiger partial charge >= 0.3 is 0 Å². The van der Waals surface area contributed by atoms with Gasteiger partial charge in [0.2, 0.25) is 11.8 Å². The minimum absolute atomic E-state index is 0.00144. The molecule has 166 valence electrons. The lowest BCUT2D eigenvalue weighted by molar-refractivity contribution is -0.154. The third-order valence-corrected chi connectivity index (χ3v) is 7.39. The second kappa shape index (κ2) is 9.10. The normalized spacial score (nSPS) is 30.4. The maximum atomic E-state index is 13.8. The fourth-order valence-electron chi connectivity index (χ4n) is 6.03. The van der Waals surface area contributed by atoms with Crippen molar-refractivity contribution in [3.8, 4) is 0 Å². The number of furan rings is 1. The highest BCUT2D eigenvalue weighted by Gasteiger charge is 2.60. The molecule has 2 N–H and O–H groups in total. The van der Waals surface area contributed by atoms with E-state index in [-0.39, 0.29) is 37.5 Å². The summed E-state index contributed by atoms with van der Waals surface area (Å²) in [6.07, 6.45) is 9.20. The first kappa shape index (κ1) is 21.4. The summed E-state index contributed by atoms with van der Waals surface area (Å²) in [7, 11) is 0. The van der Waals surface area contributed by atoms with E-state index in [0.29, 0.717) is 37.5 Å². The van der Waals surface area contributed by atoms with Gasteiger partial charge < -0.3 is 24.4 Å². The van der Waals surface area contributed by atoms with E-state index < -0.39 is 11.6 Å². The molecule has 3 heterocycles. The molecule has 7 nitrogen and oxygen atoms in total. The lowest BCUT2D eigenvalue weighted by Crippen LogP contribution is -2.58. The molecule has 0 aromatic carbocycles. The van der Waals surface area contributed by atoms with Crippen molar-refractivity contribution in [1.29, 1.82) is 0 Å². The summed E-state index contributed by atoms with van der Waals surface area (Å²) in [5, 5.41) is 19.7. The van der Waals surface area contributed by atoms with E-state index in [4.69, 9.17) is 4.42 Å². The van der Waals surface area contributed by atoms with Crippen molar-refractivity contribution < 1.29 is 24.2 Å². The van der Waals surface area contributed by atoms with Crippen molar-refractivity contribution in [3.05, 3.63) is 24.2 Å². The number of β-amino-alcohol motifs (C(OH)–C–C–N with tert-alkyl or cyclic N) is 1. The number of aliphatic hydroxyl groups excluding tert-OH is 2. The Morgan fingerprint density at radius 3 is 2.67 bits per heavy atom. The van der Waals surface area contributed by atoms with E-state index >= 15 is 0 Å². The lowest BCUT2D eigenvalue weighted by atomic mass is 9.86. The second-order valence-corrected chi connectivity index (χ2v) is 9.23. The van der Waals surface area contributed by atoms with Crippen LogP contribution in [0.25, 0.3) is 0 Å². The van der Waals surface area contributed by atoms with Gasteiger partial charge in [0.25, 0.3) is 0 Å². The Morgan fingerprint density at radius 1 is 1.20 bits per heavy atom. The van der Waals surface area contributed by atoms with Crippen LogP contribution in [0.3, 0.4) is 0 Å². The number of rotatable bonds is 6. The maximum absolute atomic E-state index is 13.8. The second-order valence-electron chi connectivity index (χ2n) is 9.23. The van der Waals surface area contributed by atoms with Crippen LogP contribution in [0.1, 0.15) is 69.6 Å². The first-order valence-corrected chi connectivity index (χ1v) is 11.5. The molecule has 30 heavy (non-hydrogen) atoms. The van der Waals surface area contributed by atoms with E-state index in [1.807, 2.05) is 6.07 Å². The predicted molar refractivity (Wildman–Crippen MR) is 110 cm³/mol. The van der Waals surface area contributed by atoms with Gasteiger partial charge in [0, 0.05) is 32.0 Å². The summed E-state index contributed by atoms with van der Waals surface area (Å²) in [5.74, 6) is 0.673. The number of carbonyl (C=O) groups is 2. The van der Waals surface area contributed by atoms with Gasteiger partial charge in [-0.2, -0.15) is 0 Å². The van der Waals surface area contributed by atoms with Crippen LogP contribution in [0.4, 0.5) is 0 Å². The Balaban J connectivity index is 1.74. The molecule has 2 aliphatic heterocycles. The summed E-state index contributed by atoms with van der Waals surface area (Å²) < 4.78 is 5.70. The number of carbonyl (C=O) groups excluding carboxylic acids is 2.